The van der Waals surface area contributed by atoms with E-state index in [4.69, 9.17) is 9.47 Å². The molecule has 0 aromatic heterocycles. The van der Waals surface area contributed by atoms with Crippen molar-refractivity contribution >= 4 is 0 Å². The highest BCUT2D eigenvalue weighted by molar-refractivity contribution is 5.30. The monoisotopic (exact) mass is 230 g/mol. The second-order valence-corrected chi connectivity index (χ2v) is 3.34. The summed E-state index contributed by atoms with van der Waals surface area (Å²) in [5.41, 5.74) is 0.217. The zero-order chi connectivity index (χ0) is 12.0. The molecule has 1 aromatic rings. The van der Waals surface area contributed by atoms with Crippen LogP contribution in [-0.4, -0.2) is 13.2 Å². The molecular weight excluding hydrogens is 214 g/mol. The number of rotatable bonds is 6. The van der Waals surface area contributed by atoms with Crippen LogP contribution >= 0.6 is 0 Å². The van der Waals surface area contributed by atoms with Crippen LogP contribution in [0.2, 0.25) is 0 Å². The van der Waals surface area contributed by atoms with E-state index in [1.165, 1.54) is 12.1 Å². The van der Waals surface area contributed by atoms with Gasteiger partial charge in [-0.1, -0.05) is 6.92 Å². The SMILES string of the molecule is CCCOCc1ccc(OCC)c(F)c1F. The van der Waals surface area contributed by atoms with E-state index < -0.39 is 11.6 Å². The van der Waals surface area contributed by atoms with E-state index in [0.717, 1.165) is 6.42 Å². The predicted octanol–water partition coefficient (Wildman–Crippen LogP) is 3.29. The number of hydrogen-bond donors (Lipinski definition) is 0. The Morgan fingerprint density at radius 3 is 2.50 bits per heavy atom. The highest BCUT2D eigenvalue weighted by Crippen LogP contribution is 2.23. The summed E-state index contributed by atoms with van der Waals surface area (Å²) in [6.45, 7) is 4.60. The molecule has 0 saturated carbocycles. The van der Waals surface area contributed by atoms with Gasteiger partial charge in [0.25, 0.3) is 0 Å². The summed E-state index contributed by atoms with van der Waals surface area (Å²) in [6.07, 6.45) is 0.848. The fourth-order valence-electron chi connectivity index (χ4n) is 1.28. The Morgan fingerprint density at radius 1 is 1.12 bits per heavy atom. The van der Waals surface area contributed by atoms with E-state index in [2.05, 4.69) is 0 Å². The molecule has 0 heterocycles. The second kappa shape index (κ2) is 6.43. The molecule has 1 rings (SSSR count). The Labute approximate surface area is 94.2 Å². The van der Waals surface area contributed by atoms with Gasteiger partial charge in [0, 0.05) is 12.2 Å². The van der Waals surface area contributed by atoms with Crippen LogP contribution in [0.3, 0.4) is 0 Å². The summed E-state index contributed by atoms with van der Waals surface area (Å²) in [5.74, 6) is -1.89. The van der Waals surface area contributed by atoms with Gasteiger partial charge in [-0.2, -0.15) is 4.39 Å². The standard InChI is InChI=1S/C12H16F2O2/c1-3-7-15-8-9-5-6-10(16-4-2)12(14)11(9)13/h5-6H,3-4,7-8H2,1-2H3. The van der Waals surface area contributed by atoms with Crippen molar-refractivity contribution in [2.24, 2.45) is 0 Å². The van der Waals surface area contributed by atoms with E-state index in [9.17, 15) is 8.78 Å². The van der Waals surface area contributed by atoms with Gasteiger partial charge < -0.3 is 9.47 Å². The van der Waals surface area contributed by atoms with Gasteiger partial charge >= 0.3 is 0 Å². The van der Waals surface area contributed by atoms with Crippen molar-refractivity contribution in [3.05, 3.63) is 29.3 Å². The molecule has 0 saturated heterocycles. The highest BCUT2D eigenvalue weighted by Gasteiger charge is 2.13. The molecule has 0 fully saturated rings. The molecule has 0 amide bonds. The third kappa shape index (κ3) is 3.17. The lowest BCUT2D eigenvalue weighted by molar-refractivity contribution is 0.118. The van der Waals surface area contributed by atoms with Gasteiger partial charge in [-0.15, -0.1) is 0 Å². The van der Waals surface area contributed by atoms with Crippen LogP contribution in [-0.2, 0) is 11.3 Å². The van der Waals surface area contributed by atoms with Gasteiger partial charge in [-0.25, -0.2) is 4.39 Å². The molecule has 90 valence electrons. The fraction of sp³-hybridized carbons (Fsp3) is 0.500. The van der Waals surface area contributed by atoms with Gasteiger partial charge in [0.1, 0.15) is 0 Å². The summed E-state index contributed by atoms with van der Waals surface area (Å²) < 4.78 is 37.0. The first-order valence-electron chi connectivity index (χ1n) is 5.38. The van der Waals surface area contributed by atoms with Gasteiger partial charge in [0.05, 0.1) is 13.2 Å². The second-order valence-electron chi connectivity index (χ2n) is 3.34. The van der Waals surface area contributed by atoms with E-state index in [0.29, 0.717) is 13.2 Å². The molecule has 0 aliphatic rings. The maximum atomic E-state index is 13.5. The Kier molecular flexibility index (Phi) is 5.19. The van der Waals surface area contributed by atoms with Crippen molar-refractivity contribution < 1.29 is 18.3 Å². The first-order valence-corrected chi connectivity index (χ1v) is 5.38. The Bertz CT molecular complexity index is 340. The minimum absolute atomic E-state index is 0.0563. The Balaban J connectivity index is 2.76. The fourth-order valence-corrected chi connectivity index (χ4v) is 1.28. The first-order chi connectivity index (χ1) is 7.70. The lowest BCUT2D eigenvalue weighted by atomic mass is 10.2. The maximum Gasteiger partial charge on any atom is 0.200 e. The Hall–Kier alpha value is -1.16. The molecule has 1 aromatic carbocycles. The first kappa shape index (κ1) is 12.9. The van der Waals surface area contributed by atoms with Crippen LogP contribution in [0, 0.1) is 11.6 Å². The molecule has 0 bridgehead atoms. The van der Waals surface area contributed by atoms with Crippen molar-refractivity contribution in [2.45, 2.75) is 26.9 Å². The van der Waals surface area contributed by atoms with E-state index in [-0.39, 0.29) is 17.9 Å². The molecule has 4 heteroatoms. The molecular formula is C12H16F2O2. The molecule has 0 spiro atoms. The largest absolute Gasteiger partial charge is 0.491 e. The average molecular weight is 230 g/mol. The minimum Gasteiger partial charge on any atom is -0.491 e. The number of benzene rings is 1. The number of halogens is 2. The van der Waals surface area contributed by atoms with Crippen molar-refractivity contribution in [1.82, 2.24) is 0 Å². The van der Waals surface area contributed by atoms with Gasteiger partial charge in [-0.3, -0.25) is 0 Å². The molecule has 0 N–H and O–H groups in total. The molecule has 0 atom stereocenters. The summed E-state index contributed by atoms with van der Waals surface area (Å²) >= 11 is 0. The quantitative estimate of drug-likeness (QED) is 0.698. The molecule has 16 heavy (non-hydrogen) atoms. The van der Waals surface area contributed by atoms with Crippen LogP contribution in [0.1, 0.15) is 25.8 Å². The molecule has 0 aliphatic carbocycles. The number of ether oxygens (including phenoxy) is 2. The van der Waals surface area contributed by atoms with Crippen LogP contribution < -0.4 is 4.74 Å². The van der Waals surface area contributed by atoms with Crippen molar-refractivity contribution in [3.63, 3.8) is 0 Å². The third-order valence-electron chi connectivity index (χ3n) is 2.03. The molecule has 0 radical (unpaired) electrons. The predicted molar refractivity (Wildman–Crippen MR) is 57.5 cm³/mol. The summed E-state index contributed by atoms with van der Waals surface area (Å²) in [5, 5.41) is 0. The normalized spacial score (nSPS) is 10.5. The van der Waals surface area contributed by atoms with Crippen molar-refractivity contribution in [2.75, 3.05) is 13.2 Å². The number of hydrogen-bond acceptors (Lipinski definition) is 2. The topological polar surface area (TPSA) is 18.5 Å². The maximum absolute atomic E-state index is 13.5. The highest BCUT2D eigenvalue weighted by atomic mass is 19.2. The molecule has 0 aliphatic heterocycles. The molecule has 2 nitrogen and oxygen atoms in total. The van der Waals surface area contributed by atoms with Crippen LogP contribution in [0.15, 0.2) is 12.1 Å². The average Bonchev–Trinajstić information content (AvgIpc) is 2.28. The summed E-state index contributed by atoms with van der Waals surface area (Å²) in [4.78, 5) is 0. The minimum atomic E-state index is -0.945. The van der Waals surface area contributed by atoms with Gasteiger partial charge in [0.2, 0.25) is 5.82 Å². The van der Waals surface area contributed by atoms with Crippen molar-refractivity contribution in [1.29, 1.82) is 0 Å². The lowest BCUT2D eigenvalue weighted by Gasteiger charge is -2.09. The summed E-state index contributed by atoms with van der Waals surface area (Å²) in [6, 6.07) is 2.91. The van der Waals surface area contributed by atoms with Crippen LogP contribution in [0.4, 0.5) is 8.78 Å². The summed E-state index contributed by atoms with van der Waals surface area (Å²) in [7, 11) is 0. The van der Waals surface area contributed by atoms with Gasteiger partial charge in [-0.05, 0) is 25.5 Å². The third-order valence-corrected chi connectivity index (χ3v) is 2.03. The Morgan fingerprint density at radius 2 is 1.88 bits per heavy atom. The van der Waals surface area contributed by atoms with Crippen LogP contribution in [0.5, 0.6) is 5.75 Å². The van der Waals surface area contributed by atoms with Gasteiger partial charge in [0.15, 0.2) is 11.6 Å². The lowest BCUT2D eigenvalue weighted by Crippen LogP contribution is -2.02. The zero-order valence-corrected chi connectivity index (χ0v) is 9.56. The van der Waals surface area contributed by atoms with E-state index in [1.807, 2.05) is 6.92 Å². The zero-order valence-electron chi connectivity index (χ0n) is 9.56. The van der Waals surface area contributed by atoms with E-state index in [1.54, 1.807) is 6.92 Å². The van der Waals surface area contributed by atoms with Crippen LogP contribution in [0.25, 0.3) is 0 Å². The smallest absolute Gasteiger partial charge is 0.200 e. The molecule has 0 unspecified atom stereocenters. The van der Waals surface area contributed by atoms with E-state index >= 15 is 0 Å². The van der Waals surface area contributed by atoms with Crippen molar-refractivity contribution in [3.8, 4) is 5.75 Å².